The van der Waals surface area contributed by atoms with Gasteiger partial charge in [0.05, 0.1) is 0 Å². The maximum Gasteiger partial charge on any atom is 0.222 e. The number of aromatic nitrogens is 1. The minimum Gasteiger partial charge on any atom is -0.506 e. The van der Waals surface area contributed by atoms with Crippen LogP contribution in [0.1, 0.15) is 17.5 Å². The van der Waals surface area contributed by atoms with Crippen LogP contribution in [0.5, 0.6) is 5.75 Å². The molecule has 6 heteroatoms. The third-order valence-electron chi connectivity index (χ3n) is 5.50. The largest absolute Gasteiger partial charge is 0.506 e. The molecule has 4 rings (SSSR count). The highest BCUT2D eigenvalue weighted by Gasteiger charge is 2.21. The highest BCUT2D eigenvalue weighted by molar-refractivity contribution is 5.87. The maximum absolute atomic E-state index is 13.0. The first-order valence-electron chi connectivity index (χ1n) is 9.90. The Morgan fingerprint density at radius 1 is 1.03 bits per heavy atom. The number of nitrogens with zero attached hydrogens (tertiary/aromatic N) is 3. The minimum absolute atomic E-state index is 0.147. The van der Waals surface area contributed by atoms with Crippen molar-refractivity contribution < 1.29 is 14.3 Å². The molecule has 150 valence electrons. The van der Waals surface area contributed by atoms with Gasteiger partial charge in [0.1, 0.15) is 17.1 Å². The molecule has 1 saturated heterocycles. The number of pyridine rings is 1. The van der Waals surface area contributed by atoms with Crippen molar-refractivity contribution in [1.82, 2.24) is 14.8 Å². The zero-order chi connectivity index (χ0) is 20.2. The van der Waals surface area contributed by atoms with Gasteiger partial charge in [0.25, 0.3) is 0 Å². The van der Waals surface area contributed by atoms with Gasteiger partial charge in [-0.15, -0.1) is 0 Å². The lowest BCUT2D eigenvalue weighted by Crippen LogP contribution is -2.48. The molecule has 1 aliphatic rings. The standard InChI is InChI=1S/C23H24FN3O2/c24-19-7-3-17(4-8-19)5-10-22(29)27-14-12-26(13-15-27)16-18-6-9-21(28)23-20(18)2-1-11-25-23/h1-4,6-9,11,28H,5,10,12-16H2. The van der Waals surface area contributed by atoms with Crippen molar-refractivity contribution in [2.75, 3.05) is 26.2 Å². The summed E-state index contributed by atoms with van der Waals surface area (Å²) in [5, 5.41) is 11.0. The average Bonchev–Trinajstić information content (AvgIpc) is 2.76. The Labute approximate surface area is 169 Å². The van der Waals surface area contributed by atoms with E-state index in [0.717, 1.165) is 36.1 Å². The number of aromatic hydroxyl groups is 1. The van der Waals surface area contributed by atoms with Gasteiger partial charge in [0.2, 0.25) is 5.91 Å². The first kappa shape index (κ1) is 19.3. The lowest BCUT2D eigenvalue weighted by molar-refractivity contribution is -0.133. The molecule has 29 heavy (non-hydrogen) atoms. The van der Waals surface area contributed by atoms with Crippen LogP contribution >= 0.6 is 0 Å². The first-order chi connectivity index (χ1) is 14.1. The number of piperazine rings is 1. The van der Waals surface area contributed by atoms with E-state index in [9.17, 15) is 14.3 Å². The van der Waals surface area contributed by atoms with Crippen LogP contribution in [0.4, 0.5) is 4.39 Å². The zero-order valence-corrected chi connectivity index (χ0v) is 16.2. The quantitative estimate of drug-likeness (QED) is 0.722. The van der Waals surface area contributed by atoms with Crippen LogP contribution < -0.4 is 0 Å². The van der Waals surface area contributed by atoms with Crippen molar-refractivity contribution >= 4 is 16.8 Å². The molecule has 1 aromatic heterocycles. The second-order valence-electron chi connectivity index (χ2n) is 7.43. The van der Waals surface area contributed by atoms with Crippen LogP contribution in [0.15, 0.2) is 54.7 Å². The van der Waals surface area contributed by atoms with E-state index in [1.807, 2.05) is 23.1 Å². The fourth-order valence-corrected chi connectivity index (χ4v) is 3.81. The fraction of sp³-hybridized carbons (Fsp3) is 0.304. The topological polar surface area (TPSA) is 56.7 Å². The second kappa shape index (κ2) is 8.57. The van der Waals surface area contributed by atoms with Crippen LogP contribution in [-0.2, 0) is 17.8 Å². The molecule has 1 N–H and O–H groups in total. The van der Waals surface area contributed by atoms with Crippen LogP contribution in [0.2, 0.25) is 0 Å². The molecule has 0 bridgehead atoms. The molecule has 1 fully saturated rings. The summed E-state index contributed by atoms with van der Waals surface area (Å²) < 4.78 is 13.0. The normalized spacial score (nSPS) is 15.0. The Kier molecular flexibility index (Phi) is 5.71. The van der Waals surface area contributed by atoms with Gasteiger partial charge in [-0.25, -0.2) is 4.39 Å². The maximum atomic E-state index is 13.0. The number of hydrogen-bond donors (Lipinski definition) is 1. The van der Waals surface area contributed by atoms with Crippen molar-refractivity contribution in [1.29, 1.82) is 0 Å². The monoisotopic (exact) mass is 393 g/mol. The number of benzene rings is 2. The van der Waals surface area contributed by atoms with Gasteiger partial charge in [-0.1, -0.05) is 24.3 Å². The Bertz CT molecular complexity index is 999. The Hall–Kier alpha value is -2.99. The van der Waals surface area contributed by atoms with Gasteiger partial charge in [-0.05, 0) is 41.8 Å². The summed E-state index contributed by atoms with van der Waals surface area (Å²) in [6.07, 6.45) is 2.76. The lowest BCUT2D eigenvalue weighted by atomic mass is 10.1. The SMILES string of the molecule is O=C(CCc1ccc(F)cc1)N1CCN(Cc2ccc(O)c3ncccc23)CC1. The van der Waals surface area contributed by atoms with Crippen molar-refractivity contribution in [3.63, 3.8) is 0 Å². The average molecular weight is 393 g/mol. The van der Waals surface area contributed by atoms with Gasteiger partial charge in [0.15, 0.2) is 0 Å². The van der Waals surface area contributed by atoms with Crippen molar-refractivity contribution in [2.24, 2.45) is 0 Å². The molecular weight excluding hydrogens is 369 g/mol. The highest BCUT2D eigenvalue weighted by Crippen LogP contribution is 2.26. The molecule has 2 heterocycles. The summed E-state index contributed by atoms with van der Waals surface area (Å²) in [6.45, 7) is 3.79. The minimum atomic E-state index is -0.256. The van der Waals surface area contributed by atoms with Crippen LogP contribution in [0, 0.1) is 5.82 Å². The number of phenolic OH excluding ortho intramolecular Hbond substituents is 1. The summed E-state index contributed by atoms with van der Waals surface area (Å²) in [6, 6.07) is 13.8. The van der Waals surface area contributed by atoms with E-state index in [2.05, 4.69) is 9.88 Å². The summed E-state index contributed by atoms with van der Waals surface area (Å²) >= 11 is 0. The van der Waals surface area contributed by atoms with E-state index in [-0.39, 0.29) is 17.5 Å². The van der Waals surface area contributed by atoms with E-state index < -0.39 is 0 Å². The smallest absolute Gasteiger partial charge is 0.222 e. The van der Waals surface area contributed by atoms with E-state index in [1.165, 1.54) is 12.1 Å². The molecule has 1 amide bonds. The number of amides is 1. The fourth-order valence-electron chi connectivity index (χ4n) is 3.81. The van der Waals surface area contributed by atoms with E-state index in [4.69, 9.17) is 0 Å². The molecule has 2 aromatic carbocycles. The van der Waals surface area contributed by atoms with Crippen LogP contribution in [0.3, 0.4) is 0 Å². The summed E-state index contributed by atoms with van der Waals surface area (Å²) in [7, 11) is 0. The second-order valence-corrected chi connectivity index (χ2v) is 7.43. The zero-order valence-electron chi connectivity index (χ0n) is 16.2. The predicted octanol–water partition coefficient (Wildman–Crippen LogP) is 3.36. The van der Waals surface area contributed by atoms with Crippen molar-refractivity contribution in [2.45, 2.75) is 19.4 Å². The molecule has 5 nitrogen and oxygen atoms in total. The van der Waals surface area contributed by atoms with Gasteiger partial charge >= 0.3 is 0 Å². The van der Waals surface area contributed by atoms with Gasteiger partial charge in [0, 0.05) is 50.7 Å². The predicted molar refractivity (Wildman–Crippen MR) is 110 cm³/mol. The van der Waals surface area contributed by atoms with Gasteiger partial charge in [-0.3, -0.25) is 14.7 Å². The lowest BCUT2D eigenvalue weighted by Gasteiger charge is -2.35. The number of fused-ring (bicyclic) bond motifs is 1. The molecule has 0 unspecified atom stereocenters. The number of aryl methyl sites for hydroxylation is 1. The number of rotatable bonds is 5. The van der Waals surface area contributed by atoms with Gasteiger partial charge < -0.3 is 10.0 Å². The summed E-state index contributed by atoms with van der Waals surface area (Å²) in [5.41, 5.74) is 2.73. The van der Waals surface area contributed by atoms with E-state index >= 15 is 0 Å². The number of halogens is 1. The molecule has 0 spiro atoms. The highest BCUT2D eigenvalue weighted by atomic mass is 19.1. The number of hydrogen-bond acceptors (Lipinski definition) is 4. The molecule has 0 atom stereocenters. The molecule has 1 aliphatic heterocycles. The summed E-state index contributed by atoms with van der Waals surface area (Å²) in [4.78, 5) is 21.0. The molecule has 0 saturated carbocycles. The Morgan fingerprint density at radius 3 is 2.55 bits per heavy atom. The molecular formula is C23H24FN3O2. The number of phenols is 1. The van der Waals surface area contributed by atoms with Crippen LogP contribution in [-0.4, -0.2) is 52.0 Å². The molecule has 3 aromatic rings. The van der Waals surface area contributed by atoms with E-state index in [0.29, 0.717) is 31.4 Å². The van der Waals surface area contributed by atoms with Crippen LogP contribution in [0.25, 0.3) is 10.9 Å². The van der Waals surface area contributed by atoms with Crippen molar-refractivity contribution in [3.8, 4) is 5.75 Å². The van der Waals surface area contributed by atoms with Crippen molar-refractivity contribution in [3.05, 3.63) is 71.7 Å². The third-order valence-corrected chi connectivity index (χ3v) is 5.50. The Morgan fingerprint density at radius 2 is 1.79 bits per heavy atom. The van der Waals surface area contributed by atoms with E-state index in [1.54, 1.807) is 24.4 Å². The number of carbonyl (C=O) groups excluding carboxylic acids is 1. The summed E-state index contributed by atoms with van der Waals surface area (Å²) in [5.74, 6) is 0.0857. The first-order valence-corrected chi connectivity index (χ1v) is 9.90. The van der Waals surface area contributed by atoms with Gasteiger partial charge in [-0.2, -0.15) is 0 Å². The Balaban J connectivity index is 1.31. The molecule has 0 radical (unpaired) electrons. The third kappa shape index (κ3) is 4.54. The number of carbonyl (C=O) groups is 1. The molecule has 0 aliphatic carbocycles.